The molecule has 4 rings (SSSR count). The van der Waals surface area contributed by atoms with Crippen LogP contribution >= 0.6 is 11.3 Å². The van der Waals surface area contributed by atoms with Crippen LogP contribution in [-0.2, 0) is 7.05 Å². The highest BCUT2D eigenvalue weighted by Gasteiger charge is 2.20. The molecule has 0 amide bonds. The van der Waals surface area contributed by atoms with Crippen molar-refractivity contribution >= 4 is 32.2 Å². The van der Waals surface area contributed by atoms with E-state index in [9.17, 15) is 0 Å². The summed E-state index contributed by atoms with van der Waals surface area (Å²) in [5, 5.41) is 4.00. The van der Waals surface area contributed by atoms with E-state index >= 15 is 0 Å². The van der Waals surface area contributed by atoms with Gasteiger partial charge in [-0.15, -0.1) is 11.3 Å². The number of fused-ring (bicyclic) bond motifs is 2. The number of pyridine rings is 1. The molecule has 2 aromatic heterocycles. The molecular formula is C20H18NS+. The lowest BCUT2D eigenvalue weighted by molar-refractivity contribution is -0.659. The second-order valence-corrected chi connectivity index (χ2v) is 6.97. The molecule has 0 bridgehead atoms. The average molecular weight is 304 g/mol. The first-order chi connectivity index (χ1) is 10.6. The minimum atomic E-state index is 1.31. The van der Waals surface area contributed by atoms with Gasteiger partial charge in [0.15, 0.2) is 6.20 Å². The van der Waals surface area contributed by atoms with E-state index < -0.39 is 0 Å². The molecule has 0 fully saturated rings. The molecule has 0 spiro atoms. The van der Waals surface area contributed by atoms with Gasteiger partial charge in [-0.2, -0.15) is 4.57 Å². The van der Waals surface area contributed by atoms with Gasteiger partial charge in [0, 0.05) is 10.8 Å². The lowest BCUT2D eigenvalue weighted by Gasteiger charge is -2.05. The molecule has 0 saturated heterocycles. The number of thiophene rings is 1. The summed E-state index contributed by atoms with van der Waals surface area (Å²) in [7, 11) is 2.14. The van der Waals surface area contributed by atoms with E-state index in [0.29, 0.717) is 0 Å². The second-order valence-electron chi connectivity index (χ2n) is 5.92. The topological polar surface area (TPSA) is 3.88 Å². The lowest BCUT2D eigenvalue weighted by atomic mass is 10.0. The summed E-state index contributed by atoms with van der Waals surface area (Å²) in [5.41, 5.74) is 4.00. The zero-order chi connectivity index (χ0) is 15.3. The molecule has 0 aliphatic rings. The van der Waals surface area contributed by atoms with Gasteiger partial charge in [-0.1, -0.05) is 35.9 Å². The number of rotatable bonds is 1. The van der Waals surface area contributed by atoms with Crippen LogP contribution < -0.4 is 4.57 Å². The van der Waals surface area contributed by atoms with E-state index in [2.05, 4.69) is 80.2 Å². The smallest absolute Gasteiger partial charge is 0.200 e. The molecule has 0 atom stereocenters. The van der Waals surface area contributed by atoms with Crippen LogP contribution in [0.5, 0.6) is 0 Å². The molecule has 0 saturated carbocycles. The Balaban J connectivity index is 2.11. The maximum atomic E-state index is 2.27. The van der Waals surface area contributed by atoms with Gasteiger partial charge in [-0.05, 0) is 42.3 Å². The van der Waals surface area contributed by atoms with Crippen LogP contribution in [0.25, 0.3) is 31.4 Å². The van der Waals surface area contributed by atoms with E-state index in [1.54, 1.807) is 0 Å². The van der Waals surface area contributed by atoms with Crippen LogP contribution in [0, 0.1) is 13.8 Å². The molecule has 4 aromatic rings. The third-order valence-corrected chi connectivity index (χ3v) is 5.63. The zero-order valence-electron chi connectivity index (χ0n) is 13.1. The first-order valence-electron chi connectivity index (χ1n) is 7.52. The first kappa shape index (κ1) is 13.5. The largest absolute Gasteiger partial charge is 0.230 e. The monoisotopic (exact) mass is 304 g/mol. The molecule has 108 valence electrons. The lowest BCUT2D eigenvalue weighted by Crippen LogP contribution is -2.30. The normalized spacial score (nSPS) is 11.4. The van der Waals surface area contributed by atoms with Gasteiger partial charge >= 0.3 is 0 Å². The fourth-order valence-corrected chi connectivity index (χ4v) is 4.49. The molecule has 0 N–H and O–H groups in total. The Morgan fingerprint density at radius 3 is 2.55 bits per heavy atom. The van der Waals surface area contributed by atoms with Gasteiger partial charge in [0.2, 0.25) is 5.69 Å². The third kappa shape index (κ3) is 1.95. The predicted octanol–water partition coefficient (Wildman–Crippen LogP) is 5.16. The van der Waals surface area contributed by atoms with Crippen LogP contribution in [-0.4, -0.2) is 0 Å². The Hall–Kier alpha value is -2.19. The predicted molar refractivity (Wildman–Crippen MR) is 95.4 cm³/mol. The van der Waals surface area contributed by atoms with Crippen molar-refractivity contribution in [3.8, 4) is 10.6 Å². The van der Waals surface area contributed by atoms with Crippen molar-refractivity contribution < 1.29 is 4.57 Å². The summed E-state index contributed by atoms with van der Waals surface area (Å²) in [4.78, 5) is 1.37. The maximum Gasteiger partial charge on any atom is 0.230 e. The van der Waals surface area contributed by atoms with Crippen molar-refractivity contribution in [2.24, 2.45) is 7.05 Å². The number of nitrogens with zero attached hydrogens (tertiary/aromatic N) is 1. The number of hydrogen-bond acceptors (Lipinski definition) is 1. The molecule has 2 heteroatoms. The maximum absolute atomic E-state index is 2.27. The highest BCUT2D eigenvalue weighted by molar-refractivity contribution is 7.22. The Morgan fingerprint density at radius 2 is 1.73 bits per heavy atom. The molecule has 0 aliphatic carbocycles. The summed E-state index contributed by atoms with van der Waals surface area (Å²) in [6.45, 7) is 4.39. The molecule has 22 heavy (non-hydrogen) atoms. The van der Waals surface area contributed by atoms with Crippen molar-refractivity contribution in [3.63, 3.8) is 0 Å². The summed E-state index contributed by atoms with van der Waals surface area (Å²) >= 11 is 1.89. The standard InChI is InChI=1S/C20H18NS/c1-13-8-9-17-15(12-13)10-11-21(3)19(17)20-14(2)16-6-4-5-7-18(16)22-20/h4-12H,1-3H3/q+1. The Bertz CT molecular complexity index is 1010. The van der Waals surface area contributed by atoms with Crippen molar-refractivity contribution in [3.05, 3.63) is 65.9 Å². The fraction of sp³-hybridized carbons (Fsp3) is 0.150. The SMILES string of the molecule is Cc1ccc2c(-c3sc4ccccc4c3C)[n+](C)ccc2c1. The van der Waals surface area contributed by atoms with Crippen molar-refractivity contribution in [2.75, 3.05) is 0 Å². The highest BCUT2D eigenvalue weighted by Crippen LogP contribution is 2.39. The highest BCUT2D eigenvalue weighted by atomic mass is 32.1. The van der Waals surface area contributed by atoms with Crippen LogP contribution in [0.1, 0.15) is 11.1 Å². The molecule has 1 nitrogen and oxygen atoms in total. The van der Waals surface area contributed by atoms with Crippen molar-refractivity contribution in [1.82, 2.24) is 0 Å². The van der Waals surface area contributed by atoms with E-state index in [1.165, 1.54) is 42.6 Å². The molecular weight excluding hydrogens is 286 g/mol. The van der Waals surface area contributed by atoms with Crippen LogP contribution in [0.2, 0.25) is 0 Å². The zero-order valence-corrected chi connectivity index (χ0v) is 13.9. The summed E-state index contributed by atoms with van der Waals surface area (Å²) in [6.07, 6.45) is 2.17. The average Bonchev–Trinajstić information content (AvgIpc) is 2.85. The minimum absolute atomic E-state index is 1.31. The molecule has 0 aliphatic heterocycles. The fourth-order valence-electron chi connectivity index (χ4n) is 3.18. The summed E-state index contributed by atoms with van der Waals surface area (Å²) in [6, 6.07) is 17.6. The van der Waals surface area contributed by atoms with Crippen LogP contribution in [0.3, 0.4) is 0 Å². The quantitative estimate of drug-likeness (QED) is 0.427. The van der Waals surface area contributed by atoms with Gasteiger partial charge in [-0.25, -0.2) is 0 Å². The van der Waals surface area contributed by atoms with E-state index in [0.717, 1.165) is 0 Å². The van der Waals surface area contributed by atoms with E-state index in [-0.39, 0.29) is 0 Å². The Labute approximate surface area is 134 Å². The van der Waals surface area contributed by atoms with Gasteiger partial charge in [0.25, 0.3) is 0 Å². The molecule has 0 unspecified atom stereocenters. The number of benzene rings is 2. The van der Waals surface area contributed by atoms with Crippen LogP contribution in [0.4, 0.5) is 0 Å². The van der Waals surface area contributed by atoms with Gasteiger partial charge in [0.1, 0.15) is 11.9 Å². The molecule has 0 radical (unpaired) electrons. The van der Waals surface area contributed by atoms with Crippen molar-refractivity contribution in [1.29, 1.82) is 0 Å². The van der Waals surface area contributed by atoms with Crippen molar-refractivity contribution in [2.45, 2.75) is 13.8 Å². The molecule has 2 heterocycles. The first-order valence-corrected chi connectivity index (χ1v) is 8.34. The molecule has 2 aromatic carbocycles. The van der Waals surface area contributed by atoms with Gasteiger partial charge in [-0.3, -0.25) is 0 Å². The Kier molecular flexibility index (Phi) is 3.02. The van der Waals surface area contributed by atoms with E-state index in [4.69, 9.17) is 0 Å². The van der Waals surface area contributed by atoms with Crippen LogP contribution in [0.15, 0.2) is 54.7 Å². The third-order valence-electron chi connectivity index (χ3n) is 4.35. The summed E-state index contributed by atoms with van der Waals surface area (Å²) in [5.74, 6) is 0. The summed E-state index contributed by atoms with van der Waals surface area (Å²) < 4.78 is 3.61. The Morgan fingerprint density at radius 1 is 0.909 bits per heavy atom. The van der Waals surface area contributed by atoms with Gasteiger partial charge in [0.05, 0.1) is 5.39 Å². The number of aryl methyl sites for hydroxylation is 3. The second kappa shape index (κ2) is 4.92. The minimum Gasteiger partial charge on any atom is -0.200 e. The number of aromatic nitrogens is 1. The van der Waals surface area contributed by atoms with E-state index in [1.807, 2.05) is 11.3 Å². The number of hydrogen-bond donors (Lipinski definition) is 0. The van der Waals surface area contributed by atoms with Gasteiger partial charge < -0.3 is 0 Å².